The lowest BCUT2D eigenvalue weighted by Crippen LogP contribution is -2.48. The molecule has 3 heteroatoms. The highest BCUT2D eigenvalue weighted by Crippen LogP contribution is 2.23. The van der Waals surface area contributed by atoms with Gasteiger partial charge in [-0.05, 0) is 24.3 Å². The van der Waals surface area contributed by atoms with E-state index in [9.17, 15) is 4.79 Å². The molecule has 0 spiro atoms. The first-order valence-electron chi connectivity index (χ1n) is 6.80. The summed E-state index contributed by atoms with van der Waals surface area (Å²) in [5.74, 6) is 0.671. The summed E-state index contributed by atoms with van der Waals surface area (Å²) in [6.45, 7) is 5.19. The number of carbonyl (C=O) groups is 1. The number of carbonyl (C=O) groups excluding carboxylic acids is 1. The highest BCUT2D eigenvalue weighted by Gasteiger charge is 2.23. The van der Waals surface area contributed by atoms with Crippen molar-refractivity contribution in [3.8, 4) is 0 Å². The van der Waals surface area contributed by atoms with Gasteiger partial charge in [0.2, 0.25) is 5.91 Å². The molecule has 1 aromatic rings. The molecule has 1 aromatic carbocycles. The lowest BCUT2D eigenvalue weighted by molar-refractivity contribution is -0.138. The summed E-state index contributed by atoms with van der Waals surface area (Å²) in [7, 11) is 0. The van der Waals surface area contributed by atoms with E-state index in [-0.39, 0.29) is 11.9 Å². The Bertz CT molecular complexity index is 389. The fourth-order valence-corrected chi connectivity index (χ4v) is 2.38. The first kappa shape index (κ1) is 13.1. The van der Waals surface area contributed by atoms with Gasteiger partial charge in [-0.2, -0.15) is 0 Å². The second-order valence-electron chi connectivity index (χ2n) is 5.26. The maximum atomic E-state index is 11.8. The largest absolute Gasteiger partial charge is 0.277 e. The molecule has 98 valence electrons. The Labute approximate surface area is 109 Å². The average Bonchev–Trinajstić information content (AvgIpc) is 2.38. The van der Waals surface area contributed by atoms with Crippen LogP contribution >= 0.6 is 0 Å². The zero-order valence-electron chi connectivity index (χ0n) is 11.2. The molecule has 0 unspecified atom stereocenters. The molecular weight excluding hydrogens is 224 g/mol. The summed E-state index contributed by atoms with van der Waals surface area (Å²) in [5, 5.41) is 1.81. The van der Waals surface area contributed by atoms with Crippen molar-refractivity contribution in [2.24, 2.45) is 5.92 Å². The van der Waals surface area contributed by atoms with Crippen molar-refractivity contribution in [2.45, 2.75) is 39.2 Å². The summed E-state index contributed by atoms with van der Waals surface area (Å²) >= 11 is 0. The molecule has 18 heavy (non-hydrogen) atoms. The lowest BCUT2D eigenvalue weighted by Gasteiger charge is -2.33. The normalized spacial score (nSPS) is 18.2. The zero-order chi connectivity index (χ0) is 13.0. The first-order valence-corrected chi connectivity index (χ1v) is 6.80. The minimum absolute atomic E-state index is 0.202. The van der Waals surface area contributed by atoms with Crippen LogP contribution in [-0.2, 0) is 4.79 Å². The minimum Gasteiger partial charge on any atom is -0.277 e. The van der Waals surface area contributed by atoms with E-state index >= 15 is 0 Å². The number of hydrogen-bond acceptors (Lipinski definition) is 2. The van der Waals surface area contributed by atoms with Crippen LogP contribution in [0.3, 0.4) is 0 Å². The van der Waals surface area contributed by atoms with E-state index in [2.05, 4.69) is 31.4 Å². The fraction of sp³-hybridized carbons (Fsp3) is 0.533. The quantitative estimate of drug-likeness (QED) is 0.886. The van der Waals surface area contributed by atoms with Gasteiger partial charge in [0.05, 0.1) is 6.04 Å². The Balaban J connectivity index is 2.09. The third-order valence-electron chi connectivity index (χ3n) is 3.44. The van der Waals surface area contributed by atoms with Crippen molar-refractivity contribution >= 4 is 5.91 Å². The van der Waals surface area contributed by atoms with E-state index in [1.807, 2.05) is 18.2 Å². The lowest BCUT2D eigenvalue weighted by atomic mass is 9.96. The summed E-state index contributed by atoms with van der Waals surface area (Å²) < 4.78 is 0. The van der Waals surface area contributed by atoms with Crippen LogP contribution in [0.4, 0.5) is 0 Å². The molecule has 1 heterocycles. The van der Waals surface area contributed by atoms with Gasteiger partial charge in [-0.3, -0.25) is 9.80 Å². The Kier molecular flexibility index (Phi) is 4.37. The number of nitrogens with one attached hydrogen (secondary N) is 1. The monoisotopic (exact) mass is 246 g/mol. The van der Waals surface area contributed by atoms with E-state index in [1.54, 1.807) is 5.01 Å². The van der Waals surface area contributed by atoms with E-state index in [0.29, 0.717) is 12.3 Å². The van der Waals surface area contributed by atoms with Crippen molar-refractivity contribution in [3.63, 3.8) is 0 Å². The van der Waals surface area contributed by atoms with Crippen molar-refractivity contribution in [1.82, 2.24) is 10.4 Å². The molecule has 1 atom stereocenters. The van der Waals surface area contributed by atoms with Crippen molar-refractivity contribution < 1.29 is 4.79 Å². The van der Waals surface area contributed by atoms with Crippen LogP contribution in [0.2, 0.25) is 0 Å². The van der Waals surface area contributed by atoms with Gasteiger partial charge in [-0.25, -0.2) is 5.43 Å². The standard InChI is InChI=1S/C15H22N2O/c1-12(2)15(13-8-4-3-5-9-13)16-17-11-7-6-10-14(17)18/h3-5,8-9,12,15-16H,6-7,10-11H2,1-2H3/t15-/m1/s1. The summed E-state index contributed by atoms with van der Waals surface area (Å²) in [5.41, 5.74) is 4.65. The molecule has 0 saturated carbocycles. The maximum Gasteiger partial charge on any atom is 0.236 e. The molecule has 3 nitrogen and oxygen atoms in total. The van der Waals surface area contributed by atoms with Crippen LogP contribution in [-0.4, -0.2) is 17.5 Å². The topological polar surface area (TPSA) is 32.3 Å². The van der Waals surface area contributed by atoms with Crippen molar-refractivity contribution in [2.75, 3.05) is 6.54 Å². The van der Waals surface area contributed by atoms with E-state index in [0.717, 1.165) is 19.4 Å². The molecule has 2 rings (SSSR count). The number of nitrogens with zero attached hydrogens (tertiary/aromatic N) is 1. The molecule has 1 aliphatic heterocycles. The van der Waals surface area contributed by atoms with E-state index in [4.69, 9.17) is 0 Å². The van der Waals surface area contributed by atoms with Crippen LogP contribution in [0.5, 0.6) is 0 Å². The number of benzene rings is 1. The van der Waals surface area contributed by atoms with Crippen LogP contribution in [0, 0.1) is 5.92 Å². The van der Waals surface area contributed by atoms with Crippen LogP contribution in [0.15, 0.2) is 30.3 Å². The van der Waals surface area contributed by atoms with Gasteiger partial charge in [0.15, 0.2) is 0 Å². The van der Waals surface area contributed by atoms with E-state index in [1.165, 1.54) is 5.56 Å². The number of hydrazine groups is 1. The highest BCUT2D eigenvalue weighted by atomic mass is 16.2. The summed E-state index contributed by atoms with van der Waals surface area (Å²) in [6, 6.07) is 10.5. The summed E-state index contributed by atoms with van der Waals surface area (Å²) in [4.78, 5) is 11.8. The zero-order valence-corrected chi connectivity index (χ0v) is 11.2. The number of piperidine rings is 1. The molecular formula is C15H22N2O. The summed E-state index contributed by atoms with van der Waals surface area (Å²) in [6.07, 6.45) is 2.79. The number of rotatable bonds is 4. The van der Waals surface area contributed by atoms with Crippen LogP contribution < -0.4 is 5.43 Å². The van der Waals surface area contributed by atoms with Gasteiger partial charge in [-0.15, -0.1) is 0 Å². The van der Waals surface area contributed by atoms with Crippen LogP contribution in [0.1, 0.15) is 44.7 Å². The van der Waals surface area contributed by atoms with E-state index < -0.39 is 0 Å². The fourth-order valence-electron chi connectivity index (χ4n) is 2.38. The molecule has 0 radical (unpaired) electrons. The Hall–Kier alpha value is -1.35. The molecule has 1 fully saturated rings. The molecule has 1 saturated heterocycles. The van der Waals surface area contributed by atoms with Crippen molar-refractivity contribution in [3.05, 3.63) is 35.9 Å². The SMILES string of the molecule is CC(C)[C@@H](NN1CCCCC1=O)c1ccccc1. The van der Waals surface area contributed by atoms with Gasteiger partial charge in [-0.1, -0.05) is 44.2 Å². The smallest absolute Gasteiger partial charge is 0.236 e. The first-order chi connectivity index (χ1) is 8.68. The third kappa shape index (κ3) is 3.10. The highest BCUT2D eigenvalue weighted by molar-refractivity contribution is 5.76. The molecule has 0 aromatic heterocycles. The Morgan fingerprint density at radius 2 is 1.89 bits per heavy atom. The van der Waals surface area contributed by atoms with Crippen molar-refractivity contribution in [1.29, 1.82) is 0 Å². The minimum atomic E-state index is 0.202. The molecule has 0 aliphatic carbocycles. The van der Waals surface area contributed by atoms with Gasteiger partial charge in [0.25, 0.3) is 0 Å². The average molecular weight is 246 g/mol. The molecule has 0 bridgehead atoms. The van der Waals surface area contributed by atoms with Gasteiger partial charge in [0.1, 0.15) is 0 Å². The van der Waals surface area contributed by atoms with Gasteiger partial charge >= 0.3 is 0 Å². The molecule has 1 aliphatic rings. The molecule has 1 N–H and O–H groups in total. The second-order valence-corrected chi connectivity index (χ2v) is 5.26. The Morgan fingerprint density at radius 1 is 1.17 bits per heavy atom. The van der Waals surface area contributed by atoms with Gasteiger partial charge in [0, 0.05) is 13.0 Å². The third-order valence-corrected chi connectivity index (χ3v) is 3.44. The maximum absolute atomic E-state index is 11.8. The Morgan fingerprint density at radius 3 is 2.50 bits per heavy atom. The number of amides is 1. The van der Waals surface area contributed by atoms with Gasteiger partial charge < -0.3 is 0 Å². The van der Waals surface area contributed by atoms with Crippen LogP contribution in [0.25, 0.3) is 0 Å². The number of hydrogen-bond donors (Lipinski definition) is 1. The second kappa shape index (κ2) is 6.01. The predicted octanol–water partition coefficient (Wildman–Crippen LogP) is 2.90. The predicted molar refractivity (Wildman–Crippen MR) is 72.7 cm³/mol. The molecule has 1 amide bonds.